The summed E-state index contributed by atoms with van der Waals surface area (Å²) in [6.07, 6.45) is -0.974. The molecule has 4 aromatic rings. The van der Waals surface area contributed by atoms with Crippen LogP contribution in [0.15, 0.2) is 42.9 Å². The molecule has 8 nitrogen and oxygen atoms in total. The predicted molar refractivity (Wildman–Crippen MR) is 141 cm³/mol. The number of nitrogens with one attached hydrogen (secondary N) is 1. The van der Waals surface area contributed by atoms with Gasteiger partial charge in [0, 0.05) is 43.4 Å². The van der Waals surface area contributed by atoms with Crippen LogP contribution in [0.4, 0.5) is 35.0 Å². The number of hydrogen-bond donors (Lipinski definition) is 2. The van der Waals surface area contributed by atoms with Gasteiger partial charge in [-0.2, -0.15) is 13.2 Å². The lowest BCUT2D eigenvalue weighted by Crippen LogP contribution is -2.72. The highest BCUT2D eigenvalue weighted by molar-refractivity contribution is 7.22. The normalized spacial score (nSPS) is 18.6. The number of halogens is 4. The summed E-state index contributed by atoms with van der Waals surface area (Å²) in [5.41, 5.74) is -1.95. The maximum atomic E-state index is 14.8. The van der Waals surface area contributed by atoms with Gasteiger partial charge in [0.15, 0.2) is 11.4 Å². The van der Waals surface area contributed by atoms with Crippen LogP contribution in [0.2, 0.25) is 0 Å². The zero-order valence-corrected chi connectivity index (χ0v) is 21.9. The summed E-state index contributed by atoms with van der Waals surface area (Å²) in [5.74, 6) is -0.200. The molecule has 0 aromatic carbocycles. The first kappa shape index (κ1) is 25.8. The molecular formula is C26H25F4N7OS. The number of rotatable bonds is 6. The van der Waals surface area contributed by atoms with Crippen molar-refractivity contribution in [2.45, 2.75) is 25.6 Å². The fraction of sp³-hybridized carbons (Fsp3) is 0.385. The molecule has 1 spiro atoms. The highest BCUT2D eigenvalue weighted by atomic mass is 32.1. The average molecular weight is 560 g/mol. The number of thiophene rings is 1. The topological polar surface area (TPSA) is 90.3 Å². The molecule has 2 aliphatic rings. The van der Waals surface area contributed by atoms with Gasteiger partial charge in [0.05, 0.1) is 33.2 Å². The van der Waals surface area contributed by atoms with Crippen molar-refractivity contribution in [1.29, 1.82) is 0 Å². The van der Waals surface area contributed by atoms with E-state index in [0.29, 0.717) is 18.2 Å². The van der Waals surface area contributed by atoms with E-state index in [1.807, 2.05) is 6.07 Å². The summed E-state index contributed by atoms with van der Waals surface area (Å²) in [6.45, 7) is 8.22. The fourth-order valence-electron chi connectivity index (χ4n) is 5.22. The number of nitrogens with zero attached hydrogens (tertiary/aromatic N) is 6. The molecule has 1 atom stereocenters. The van der Waals surface area contributed by atoms with Gasteiger partial charge in [0.1, 0.15) is 11.5 Å². The zero-order chi connectivity index (χ0) is 27.6. The van der Waals surface area contributed by atoms with Crippen molar-refractivity contribution >= 4 is 39.0 Å². The van der Waals surface area contributed by atoms with Crippen molar-refractivity contribution in [3.63, 3.8) is 0 Å². The molecule has 6 rings (SSSR count). The van der Waals surface area contributed by atoms with E-state index in [9.17, 15) is 22.7 Å². The monoisotopic (exact) mass is 559 g/mol. The average Bonchev–Trinajstić information content (AvgIpc) is 3.28. The quantitative estimate of drug-likeness (QED) is 0.321. The Balaban J connectivity index is 1.21. The lowest BCUT2D eigenvalue weighted by atomic mass is 9.72. The molecule has 2 aliphatic heterocycles. The van der Waals surface area contributed by atoms with Gasteiger partial charge in [-0.25, -0.2) is 19.3 Å². The summed E-state index contributed by atoms with van der Waals surface area (Å²) in [5, 5.41) is 13.2. The van der Waals surface area contributed by atoms with Gasteiger partial charge in [-0.3, -0.25) is 4.98 Å². The van der Waals surface area contributed by atoms with E-state index in [-0.39, 0.29) is 32.3 Å². The zero-order valence-electron chi connectivity index (χ0n) is 21.1. The van der Waals surface area contributed by atoms with Crippen molar-refractivity contribution in [1.82, 2.24) is 24.8 Å². The Bertz CT molecular complexity index is 1530. The van der Waals surface area contributed by atoms with Gasteiger partial charge >= 0.3 is 6.18 Å². The summed E-state index contributed by atoms with van der Waals surface area (Å²) < 4.78 is 55.4. The Labute approximate surface area is 225 Å². The van der Waals surface area contributed by atoms with Gasteiger partial charge in [0.25, 0.3) is 0 Å². The molecule has 1 unspecified atom stereocenters. The molecule has 0 aliphatic carbocycles. The molecule has 13 heteroatoms. The number of fused-ring (bicyclic) bond motifs is 1. The number of anilines is 3. The molecule has 2 fully saturated rings. The summed E-state index contributed by atoms with van der Waals surface area (Å²) in [6, 6.07) is 6.30. The number of aromatic nitrogens is 4. The smallest absolute Gasteiger partial charge is 0.376 e. The standard InChI is InChI=1S/C26H25F4N7OS/c1-3-36-11-25(12-36)13-37(14-25)15-4-5-20(32-9-15)34-23-33-10-17(27)21(35-23)19-8-18-22(39-19)16(6-7-31-18)24(2,38)26(28,29)30/h4-10,38H,3,11-14H2,1-2H3,(H,32,33,34,35). The van der Waals surface area contributed by atoms with E-state index in [4.69, 9.17) is 0 Å². The number of aliphatic hydroxyl groups is 1. The minimum atomic E-state index is -4.91. The lowest BCUT2D eigenvalue weighted by Gasteiger charge is -2.61. The van der Waals surface area contributed by atoms with Crippen LogP contribution in [0, 0.1) is 11.2 Å². The second kappa shape index (κ2) is 9.07. The molecule has 0 saturated carbocycles. The minimum Gasteiger partial charge on any atom is -0.376 e. The van der Waals surface area contributed by atoms with Crippen molar-refractivity contribution < 1.29 is 22.7 Å². The third-order valence-corrected chi connectivity index (χ3v) is 8.60. The number of pyridine rings is 2. The van der Waals surface area contributed by atoms with E-state index < -0.39 is 17.6 Å². The van der Waals surface area contributed by atoms with E-state index in [1.165, 1.54) is 12.3 Å². The highest BCUT2D eigenvalue weighted by Gasteiger charge is 2.52. The molecule has 0 bridgehead atoms. The minimum absolute atomic E-state index is 0.0802. The highest BCUT2D eigenvalue weighted by Crippen LogP contribution is 2.45. The number of hydrogen-bond acceptors (Lipinski definition) is 9. The number of likely N-dealkylation sites (tertiary alicyclic amines) is 1. The summed E-state index contributed by atoms with van der Waals surface area (Å²) in [4.78, 5) is 21.8. The van der Waals surface area contributed by atoms with Crippen LogP contribution in [0.5, 0.6) is 0 Å². The molecular weight excluding hydrogens is 534 g/mol. The van der Waals surface area contributed by atoms with Crippen molar-refractivity contribution in [3.8, 4) is 10.6 Å². The molecule has 2 saturated heterocycles. The predicted octanol–water partition coefficient (Wildman–Crippen LogP) is 4.94. The van der Waals surface area contributed by atoms with Gasteiger partial charge < -0.3 is 20.2 Å². The molecule has 204 valence electrons. The van der Waals surface area contributed by atoms with Crippen LogP contribution in [-0.4, -0.2) is 68.8 Å². The maximum Gasteiger partial charge on any atom is 0.421 e. The molecule has 0 amide bonds. The summed E-state index contributed by atoms with van der Waals surface area (Å²) in [7, 11) is 0. The second-order valence-electron chi connectivity index (χ2n) is 10.3. The van der Waals surface area contributed by atoms with Crippen LogP contribution >= 0.6 is 11.3 Å². The van der Waals surface area contributed by atoms with Crippen molar-refractivity contribution in [2.75, 3.05) is 42.9 Å². The molecule has 4 aromatic heterocycles. The third-order valence-electron chi connectivity index (χ3n) is 7.44. The van der Waals surface area contributed by atoms with E-state index >= 15 is 0 Å². The Kier molecular flexibility index (Phi) is 6.01. The lowest BCUT2D eigenvalue weighted by molar-refractivity contribution is -0.258. The van der Waals surface area contributed by atoms with Crippen LogP contribution in [0.3, 0.4) is 0 Å². The van der Waals surface area contributed by atoms with Gasteiger partial charge in [-0.05, 0) is 37.7 Å². The molecule has 6 heterocycles. The SMILES string of the molecule is CCN1CC2(C1)CN(c1ccc(Nc3ncc(F)c(-c4cc5nccc(C(C)(O)C(F)(F)F)c5s4)n3)nc1)C2. The Morgan fingerprint density at radius 2 is 1.85 bits per heavy atom. The van der Waals surface area contributed by atoms with Crippen LogP contribution < -0.4 is 10.2 Å². The van der Waals surface area contributed by atoms with E-state index in [1.54, 1.807) is 12.3 Å². The fourth-order valence-corrected chi connectivity index (χ4v) is 6.45. The first-order valence-corrected chi connectivity index (χ1v) is 13.2. The van der Waals surface area contributed by atoms with Gasteiger partial charge in [-0.15, -0.1) is 11.3 Å². The van der Waals surface area contributed by atoms with E-state index in [2.05, 4.69) is 42.0 Å². The largest absolute Gasteiger partial charge is 0.421 e. The molecule has 39 heavy (non-hydrogen) atoms. The Morgan fingerprint density at radius 3 is 2.51 bits per heavy atom. The van der Waals surface area contributed by atoms with Crippen LogP contribution in [-0.2, 0) is 5.60 Å². The molecule has 2 N–H and O–H groups in total. The molecule has 0 radical (unpaired) electrons. The first-order chi connectivity index (χ1) is 18.5. The number of alkyl halides is 3. The Morgan fingerprint density at radius 1 is 1.08 bits per heavy atom. The van der Waals surface area contributed by atoms with Crippen molar-refractivity contribution in [2.24, 2.45) is 5.41 Å². The second-order valence-corrected chi connectivity index (χ2v) is 11.4. The maximum absolute atomic E-state index is 14.8. The van der Waals surface area contributed by atoms with Crippen molar-refractivity contribution in [3.05, 3.63) is 54.2 Å². The van der Waals surface area contributed by atoms with Crippen LogP contribution in [0.25, 0.3) is 20.8 Å². The third kappa shape index (κ3) is 4.47. The Hall–Kier alpha value is -3.42. The van der Waals surface area contributed by atoms with Gasteiger partial charge in [0.2, 0.25) is 5.95 Å². The summed E-state index contributed by atoms with van der Waals surface area (Å²) >= 11 is 0.866. The first-order valence-electron chi connectivity index (χ1n) is 12.4. The van der Waals surface area contributed by atoms with E-state index in [0.717, 1.165) is 62.0 Å². The van der Waals surface area contributed by atoms with Crippen LogP contribution in [0.1, 0.15) is 19.4 Å². The van der Waals surface area contributed by atoms with Gasteiger partial charge in [-0.1, -0.05) is 6.92 Å².